The van der Waals surface area contributed by atoms with E-state index in [4.69, 9.17) is 4.42 Å². The summed E-state index contributed by atoms with van der Waals surface area (Å²) in [6.07, 6.45) is 1.51. The smallest absolute Gasteiger partial charge is 0.252 e. The first-order valence-corrected chi connectivity index (χ1v) is 6.88. The van der Waals surface area contributed by atoms with E-state index >= 15 is 0 Å². The van der Waals surface area contributed by atoms with Gasteiger partial charge in [-0.1, -0.05) is 0 Å². The van der Waals surface area contributed by atoms with Gasteiger partial charge in [0.05, 0.1) is 24.9 Å². The Morgan fingerprint density at radius 3 is 2.71 bits per heavy atom. The van der Waals surface area contributed by atoms with Gasteiger partial charge < -0.3 is 15.1 Å². The van der Waals surface area contributed by atoms with E-state index in [2.05, 4.69) is 26.6 Å². The van der Waals surface area contributed by atoms with Crippen molar-refractivity contribution in [2.24, 2.45) is 0 Å². The molecule has 1 aromatic carbocycles. The van der Waals surface area contributed by atoms with Crippen LogP contribution in [0, 0.1) is 5.82 Å². The highest BCUT2D eigenvalue weighted by atomic mass is 79.9. The van der Waals surface area contributed by atoms with Crippen LogP contribution in [0.25, 0.3) is 0 Å². The number of furan rings is 1. The molecule has 0 aliphatic carbocycles. The third-order valence-electron chi connectivity index (χ3n) is 2.63. The molecular formula is C14H12BrFN2O3. The first-order valence-electron chi connectivity index (χ1n) is 6.08. The van der Waals surface area contributed by atoms with Crippen LogP contribution in [0.3, 0.4) is 0 Å². The molecule has 0 saturated carbocycles. The van der Waals surface area contributed by atoms with Crippen molar-refractivity contribution >= 4 is 27.7 Å². The zero-order chi connectivity index (χ0) is 15.2. The number of hydrogen-bond acceptors (Lipinski definition) is 3. The molecule has 0 fully saturated rings. The number of nitrogens with one attached hydrogen (secondary N) is 2. The number of benzene rings is 1. The first-order chi connectivity index (χ1) is 10.1. The molecule has 2 rings (SSSR count). The summed E-state index contributed by atoms with van der Waals surface area (Å²) in [6, 6.07) is 7.15. The Kier molecular flexibility index (Phi) is 5.10. The quantitative estimate of drug-likeness (QED) is 0.864. The van der Waals surface area contributed by atoms with Crippen LogP contribution in [0.5, 0.6) is 0 Å². The Morgan fingerprint density at radius 2 is 2.05 bits per heavy atom. The average Bonchev–Trinajstić information content (AvgIpc) is 2.95. The molecule has 1 aromatic heterocycles. The van der Waals surface area contributed by atoms with E-state index in [9.17, 15) is 14.0 Å². The summed E-state index contributed by atoms with van der Waals surface area (Å²) in [7, 11) is 0. The van der Waals surface area contributed by atoms with Gasteiger partial charge >= 0.3 is 0 Å². The van der Waals surface area contributed by atoms with Gasteiger partial charge in [0.1, 0.15) is 11.6 Å². The fourth-order valence-electron chi connectivity index (χ4n) is 1.59. The molecule has 0 unspecified atom stereocenters. The second-order valence-electron chi connectivity index (χ2n) is 4.16. The summed E-state index contributed by atoms with van der Waals surface area (Å²) in [5, 5.41) is 5.05. The maximum atomic E-state index is 12.9. The molecule has 2 aromatic rings. The molecule has 21 heavy (non-hydrogen) atoms. The minimum atomic E-state index is -0.463. The van der Waals surface area contributed by atoms with Crippen molar-refractivity contribution in [3.8, 4) is 0 Å². The maximum absolute atomic E-state index is 12.9. The van der Waals surface area contributed by atoms with Gasteiger partial charge in [-0.3, -0.25) is 9.59 Å². The van der Waals surface area contributed by atoms with Crippen LogP contribution >= 0.6 is 15.9 Å². The normalized spacial score (nSPS) is 10.2. The minimum Gasteiger partial charge on any atom is -0.467 e. The Balaban J connectivity index is 1.81. The predicted octanol–water partition coefficient (Wildman–Crippen LogP) is 2.23. The second-order valence-corrected chi connectivity index (χ2v) is 5.02. The van der Waals surface area contributed by atoms with Crippen molar-refractivity contribution in [2.45, 2.75) is 6.54 Å². The lowest BCUT2D eigenvalue weighted by molar-refractivity contribution is -0.120. The Hall–Kier alpha value is -2.15. The molecule has 0 radical (unpaired) electrons. The Labute approximate surface area is 128 Å². The second kappa shape index (κ2) is 7.03. The van der Waals surface area contributed by atoms with Crippen LogP contribution in [0.4, 0.5) is 4.39 Å². The number of halogens is 2. The first kappa shape index (κ1) is 15.2. The van der Waals surface area contributed by atoms with Crippen molar-refractivity contribution in [3.05, 3.63) is 58.2 Å². The zero-order valence-electron chi connectivity index (χ0n) is 10.9. The van der Waals surface area contributed by atoms with Crippen LogP contribution in [-0.4, -0.2) is 18.4 Å². The summed E-state index contributed by atoms with van der Waals surface area (Å²) >= 11 is 3.10. The third-order valence-corrected chi connectivity index (χ3v) is 3.28. The van der Waals surface area contributed by atoms with Crippen molar-refractivity contribution in [3.63, 3.8) is 0 Å². The van der Waals surface area contributed by atoms with Gasteiger partial charge in [-0.25, -0.2) is 4.39 Å². The van der Waals surface area contributed by atoms with Gasteiger partial charge in [0.25, 0.3) is 5.91 Å². The maximum Gasteiger partial charge on any atom is 0.252 e. The highest BCUT2D eigenvalue weighted by molar-refractivity contribution is 9.10. The van der Waals surface area contributed by atoms with E-state index < -0.39 is 11.7 Å². The fourth-order valence-corrected chi connectivity index (χ4v) is 2.12. The molecule has 1 heterocycles. The average molecular weight is 355 g/mol. The molecule has 110 valence electrons. The van der Waals surface area contributed by atoms with Crippen LogP contribution in [0.15, 0.2) is 45.5 Å². The van der Waals surface area contributed by atoms with E-state index in [1.807, 2.05) is 0 Å². The predicted molar refractivity (Wildman–Crippen MR) is 77.0 cm³/mol. The van der Waals surface area contributed by atoms with Gasteiger partial charge in [0.15, 0.2) is 0 Å². The fraction of sp³-hybridized carbons (Fsp3) is 0.143. The summed E-state index contributed by atoms with van der Waals surface area (Å²) in [5.74, 6) is -0.640. The summed E-state index contributed by atoms with van der Waals surface area (Å²) in [4.78, 5) is 23.4. The van der Waals surface area contributed by atoms with E-state index in [0.717, 1.165) is 0 Å². The van der Waals surface area contributed by atoms with Crippen LogP contribution in [0.2, 0.25) is 0 Å². The SMILES string of the molecule is O=C(CNC(=O)c1ccc(F)cc1Br)NCc1ccco1. The molecule has 5 nitrogen and oxygen atoms in total. The van der Waals surface area contributed by atoms with Gasteiger partial charge in [-0.2, -0.15) is 0 Å². The molecule has 0 aliphatic heterocycles. The molecule has 0 spiro atoms. The molecular weight excluding hydrogens is 343 g/mol. The summed E-state index contributed by atoms with van der Waals surface area (Å²) < 4.78 is 18.3. The van der Waals surface area contributed by atoms with Crippen molar-refractivity contribution in [1.82, 2.24) is 10.6 Å². The van der Waals surface area contributed by atoms with Crippen LogP contribution in [-0.2, 0) is 11.3 Å². The molecule has 0 bridgehead atoms. The zero-order valence-corrected chi connectivity index (χ0v) is 12.4. The van der Waals surface area contributed by atoms with Crippen LogP contribution in [0.1, 0.15) is 16.1 Å². The number of amides is 2. The number of carbonyl (C=O) groups excluding carboxylic acids is 2. The molecule has 0 atom stereocenters. The topological polar surface area (TPSA) is 71.3 Å². The Bertz CT molecular complexity index is 644. The Morgan fingerprint density at radius 1 is 1.24 bits per heavy atom. The van der Waals surface area contributed by atoms with E-state index in [1.165, 1.54) is 24.5 Å². The number of carbonyl (C=O) groups is 2. The number of rotatable bonds is 5. The summed E-state index contributed by atoms with van der Waals surface area (Å²) in [6.45, 7) is 0.0747. The van der Waals surface area contributed by atoms with Gasteiger partial charge in [-0.05, 0) is 46.3 Å². The molecule has 2 N–H and O–H groups in total. The van der Waals surface area contributed by atoms with Crippen molar-refractivity contribution in [1.29, 1.82) is 0 Å². The molecule has 7 heteroatoms. The molecule has 0 saturated heterocycles. The van der Waals surface area contributed by atoms with Gasteiger partial charge in [-0.15, -0.1) is 0 Å². The minimum absolute atomic E-state index is 0.177. The van der Waals surface area contributed by atoms with Crippen LogP contribution < -0.4 is 10.6 Å². The van der Waals surface area contributed by atoms with E-state index in [1.54, 1.807) is 12.1 Å². The standard InChI is InChI=1S/C14H12BrFN2O3/c15-12-6-9(16)3-4-11(12)14(20)18-8-13(19)17-7-10-2-1-5-21-10/h1-6H,7-8H2,(H,17,19)(H,18,20). The highest BCUT2D eigenvalue weighted by Gasteiger charge is 2.12. The number of hydrogen-bond donors (Lipinski definition) is 2. The summed E-state index contributed by atoms with van der Waals surface area (Å²) in [5.41, 5.74) is 0.259. The van der Waals surface area contributed by atoms with Gasteiger partial charge in [0.2, 0.25) is 5.91 Å². The lowest BCUT2D eigenvalue weighted by Gasteiger charge is -2.07. The van der Waals surface area contributed by atoms with Gasteiger partial charge in [0, 0.05) is 4.47 Å². The van der Waals surface area contributed by atoms with Crippen molar-refractivity contribution in [2.75, 3.05) is 6.54 Å². The largest absolute Gasteiger partial charge is 0.467 e. The lowest BCUT2D eigenvalue weighted by atomic mass is 10.2. The highest BCUT2D eigenvalue weighted by Crippen LogP contribution is 2.17. The molecule has 0 aliphatic rings. The van der Waals surface area contributed by atoms with Crippen molar-refractivity contribution < 1.29 is 18.4 Å². The van der Waals surface area contributed by atoms with E-state index in [0.29, 0.717) is 10.2 Å². The molecule has 2 amide bonds. The van der Waals surface area contributed by atoms with E-state index in [-0.39, 0.29) is 24.6 Å². The third kappa shape index (κ3) is 4.42. The monoisotopic (exact) mass is 354 g/mol. The lowest BCUT2D eigenvalue weighted by Crippen LogP contribution is -2.36.